The van der Waals surface area contributed by atoms with Crippen molar-refractivity contribution < 1.29 is 9.90 Å². The number of carboxylic acid groups (broad SMARTS) is 1. The normalized spacial score (nSPS) is 11.7. The molecular weight excluding hydrogens is 240 g/mol. The molecule has 0 aromatic carbocycles. The highest BCUT2D eigenvalue weighted by atomic mass is 16.4. The molecule has 0 fully saturated rings. The van der Waals surface area contributed by atoms with Crippen molar-refractivity contribution in [1.82, 2.24) is 4.57 Å². The van der Waals surface area contributed by atoms with Crippen LogP contribution in [0, 0.1) is 31.1 Å². The van der Waals surface area contributed by atoms with Gasteiger partial charge in [0, 0.05) is 17.9 Å². The molecule has 1 aromatic rings. The summed E-state index contributed by atoms with van der Waals surface area (Å²) in [5, 5.41) is 17.7. The van der Waals surface area contributed by atoms with E-state index in [1.54, 1.807) is 6.07 Å². The second-order valence-electron chi connectivity index (χ2n) is 5.14. The number of carboxylic acids is 1. The third-order valence-corrected chi connectivity index (χ3v) is 3.19. The minimum Gasteiger partial charge on any atom is -0.477 e. The molecule has 1 aromatic heterocycles. The number of aromatic nitrogens is 1. The Morgan fingerprint density at radius 3 is 2.63 bits per heavy atom. The second kappa shape index (κ2) is 6.24. The molecule has 0 aliphatic heterocycles. The van der Waals surface area contributed by atoms with Gasteiger partial charge >= 0.3 is 5.97 Å². The summed E-state index contributed by atoms with van der Waals surface area (Å²) in [6, 6.07) is 3.63. The Labute approximate surface area is 114 Å². The van der Waals surface area contributed by atoms with E-state index in [4.69, 9.17) is 10.4 Å². The zero-order valence-corrected chi connectivity index (χ0v) is 11.9. The maximum Gasteiger partial charge on any atom is 0.346 e. The van der Waals surface area contributed by atoms with Gasteiger partial charge in [0.25, 0.3) is 0 Å². The molecule has 102 valence electrons. The van der Waals surface area contributed by atoms with E-state index < -0.39 is 5.97 Å². The van der Waals surface area contributed by atoms with Gasteiger partial charge in [0.05, 0.1) is 0 Å². The highest BCUT2D eigenvalue weighted by Crippen LogP contribution is 2.19. The smallest absolute Gasteiger partial charge is 0.346 e. The van der Waals surface area contributed by atoms with Crippen LogP contribution in [0.1, 0.15) is 37.2 Å². The van der Waals surface area contributed by atoms with Crippen LogP contribution in [0.3, 0.4) is 0 Å². The predicted molar refractivity (Wildman–Crippen MR) is 74.6 cm³/mol. The van der Waals surface area contributed by atoms with E-state index in [0.29, 0.717) is 5.92 Å². The van der Waals surface area contributed by atoms with E-state index >= 15 is 0 Å². The molecule has 0 bridgehead atoms. The second-order valence-corrected chi connectivity index (χ2v) is 5.14. The first kappa shape index (κ1) is 15.0. The molecule has 1 N–H and O–H groups in total. The SMILES string of the molecule is Cc1cc(/C=C(\C#N)C(=O)O)c(C)n1CCC(C)C. The summed E-state index contributed by atoms with van der Waals surface area (Å²) < 4.78 is 2.17. The van der Waals surface area contributed by atoms with Crippen LogP contribution in [0.2, 0.25) is 0 Å². The Morgan fingerprint density at radius 1 is 1.53 bits per heavy atom. The van der Waals surface area contributed by atoms with Crippen molar-refractivity contribution >= 4 is 12.0 Å². The Morgan fingerprint density at radius 2 is 2.16 bits per heavy atom. The number of aryl methyl sites for hydroxylation is 1. The van der Waals surface area contributed by atoms with Crippen LogP contribution in [-0.4, -0.2) is 15.6 Å². The van der Waals surface area contributed by atoms with E-state index in [2.05, 4.69) is 18.4 Å². The Hall–Kier alpha value is -2.02. The topological polar surface area (TPSA) is 66.0 Å². The van der Waals surface area contributed by atoms with Gasteiger partial charge in [-0.25, -0.2) is 4.79 Å². The molecule has 0 saturated heterocycles. The summed E-state index contributed by atoms with van der Waals surface area (Å²) in [7, 11) is 0. The average molecular weight is 260 g/mol. The lowest BCUT2D eigenvalue weighted by Gasteiger charge is -2.11. The fourth-order valence-electron chi connectivity index (χ4n) is 2.00. The van der Waals surface area contributed by atoms with E-state index in [1.165, 1.54) is 6.08 Å². The molecule has 1 rings (SSSR count). The number of hydrogen-bond donors (Lipinski definition) is 1. The van der Waals surface area contributed by atoms with Crippen molar-refractivity contribution in [2.45, 2.75) is 40.7 Å². The van der Waals surface area contributed by atoms with Crippen molar-refractivity contribution in [3.63, 3.8) is 0 Å². The third-order valence-electron chi connectivity index (χ3n) is 3.19. The van der Waals surface area contributed by atoms with E-state index in [9.17, 15) is 4.79 Å². The Balaban J connectivity index is 3.09. The van der Waals surface area contributed by atoms with Crippen molar-refractivity contribution in [2.75, 3.05) is 0 Å². The maximum absolute atomic E-state index is 10.9. The molecular formula is C15H20N2O2. The summed E-state index contributed by atoms with van der Waals surface area (Å²) in [6.45, 7) is 9.21. The van der Waals surface area contributed by atoms with Gasteiger partial charge in [-0.1, -0.05) is 13.8 Å². The lowest BCUT2D eigenvalue weighted by molar-refractivity contribution is -0.132. The van der Waals surface area contributed by atoms with Gasteiger partial charge in [-0.15, -0.1) is 0 Å². The summed E-state index contributed by atoms with van der Waals surface area (Å²) in [6.07, 6.45) is 2.51. The molecule has 0 aliphatic rings. The number of nitriles is 1. The molecule has 4 nitrogen and oxygen atoms in total. The Bertz CT molecular complexity index is 545. The first-order chi connectivity index (χ1) is 8.86. The van der Waals surface area contributed by atoms with Crippen LogP contribution < -0.4 is 0 Å². The van der Waals surface area contributed by atoms with Gasteiger partial charge in [0.2, 0.25) is 0 Å². The molecule has 19 heavy (non-hydrogen) atoms. The highest BCUT2D eigenvalue weighted by molar-refractivity contribution is 5.96. The predicted octanol–water partition coefficient (Wildman–Crippen LogP) is 3.14. The van der Waals surface area contributed by atoms with Gasteiger partial charge in [0.15, 0.2) is 0 Å². The fraction of sp³-hybridized carbons (Fsp3) is 0.467. The third kappa shape index (κ3) is 3.72. The van der Waals surface area contributed by atoms with Gasteiger partial charge in [-0.3, -0.25) is 0 Å². The van der Waals surface area contributed by atoms with E-state index in [1.807, 2.05) is 19.9 Å². The largest absolute Gasteiger partial charge is 0.477 e. The lowest BCUT2D eigenvalue weighted by Crippen LogP contribution is -2.05. The van der Waals surface area contributed by atoms with Crippen molar-refractivity contribution in [2.24, 2.45) is 5.92 Å². The van der Waals surface area contributed by atoms with Gasteiger partial charge in [0.1, 0.15) is 11.6 Å². The van der Waals surface area contributed by atoms with Gasteiger partial charge < -0.3 is 9.67 Å². The fourth-order valence-corrected chi connectivity index (χ4v) is 2.00. The van der Waals surface area contributed by atoms with Crippen molar-refractivity contribution in [1.29, 1.82) is 5.26 Å². The molecule has 1 heterocycles. The molecule has 0 amide bonds. The van der Waals surface area contributed by atoms with Crippen LogP contribution in [0.5, 0.6) is 0 Å². The van der Waals surface area contributed by atoms with Crippen molar-refractivity contribution in [3.8, 4) is 6.07 Å². The molecule has 0 aliphatic carbocycles. The molecule has 0 radical (unpaired) electrons. The summed E-state index contributed by atoms with van der Waals surface area (Å²) >= 11 is 0. The van der Waals surface area contributed by atoms with Crippen LogP contribution in [0.4, 0.5) is 0 Å². The first-order valence-corrected chi connectivity index (χ1v) is 6.38. The first-order valence-electron chi connectivity index (χ1n) is 6.38. The standard InChI is InChI=1S/C15H20N2O2/c1-10(2)5-6-17-11(3)7-13(12(17)4)8-14(9-16)15(18)19/h7-8,10H,5-6H2,1-4H3,(H,18,19)/b14-8+. The molecule has 0 spiro atoms. The summed E-state index contributed by atoms with van der Waals surface area (Å²) in [5.74, 6) is -0.566. The zero-order chi connectivity index (χ0) is 14.6. The minimum atomic E-state index is -1.19. The van der Waals surface area contributed by atoms with E-state index in [0.717, 1.165) is 29.9 Å². The molecule has 4 heteroatoms. The van der Waals surface area contributed by atoms with Crippen LogP contribution in [0.25, 0.3) is 6.08 Å². The minimum absolute atomic E-state index is 0.232. The quantitative estimate of drug-likeness (QED) is 0.653. The number of rotatable bonds is 5. The Kier molecular flexibility index (Phi) is 4.94. The van der Waals surface area contributed by atoms with Gasteiger partial charge in [-0.2, -0.15) is 5.26 Å². The number of hydrogen-bond acceptors (Lipinski definition) is 2. The van der Waals surface area contributed by atoms with E-state index in [-0.39, 0.29) is 5.57 Å². The average Bonchev–Trinajstić information content (AvgIpc) is 2.58. The molecule has 0 saturated carbocycles. The van der Waals surface area contributed by atoms with Crippen LogP contribution >= 0.6 is 0 Å². The van der Waals surface area contributed by atoms with Crippen molar-refractivity contribution in [3.05, 3.63) is 28.6 Å². The monoisotopic (exact) mass is 260 g/mol. The van der Waals surface area contributed by atoms with Crippen LogP contribution in [0.15, 0.2) is 11.6 Å². The lowest BCUT2D eigenvalue weighted by atomic mass is 10.1. The van der Waals surface area contributed by atoms with Gasteiger partial charge in [-0.05, 0) is 43.9 Å². The number of carbonyl (C=O) groups is 1. The summed E-state index contributed by atoms with van der Waals surface area (Å²) in [5.41, 5.74) is 2.67. The highest BCUT2D eigenvalue weighted by Gasteiger charge is 2.11. The number of nitrogens with zero attached hydrogens (tertiary/aromatic N) is 2. The zero-order valence-electron chi connectivity index (χ0n) is 11.9. The number of aliphatic carboxylic acids is 1. The molecule has 0 unspecified atom stereocenters. The molecule has 0 atom stereocenters. The maximum atomic E-state index is 10.9. The van der Waals surface area contributed by atoms with Crippen LogP contribution in [-0.2, 0) is 11.3 Å². The summed E-state index contributed by atoms with van der Waals surface area (Å²) in [4.78, 5) is 10.9.